The van der Waals surface area contributed by atoms with E-state index in [-0.39, 0.29) is 17.4 Å². The van der Waals surface area contributed by atoms with Crippen LogP contribution in [0.2, 0.25) is 5.02 Å². The molecule has 0 aliphatic carbocycles. The number of anilines is 2. The molecule has 0 radical (unpaired) electrons. The minimum Gasteiger partial charge on any atom is -0.385 e. The SMILES string of the molecule is C[C@@H]1CC[C@@H](C(=O)Nc2cc(-c3cccc(NC[C@H]4CCOC(C)(C)C4)c3)c(Cl)cn2)CN1. The van der Waals surface area contributed by atoms with E-state index in [9.17, 15) is 4.79 Å². The van der Waals surface area contributed by atoms with E-state index >= 15 is 0 Å². The highest BCUT2D eigenvalue weighted by atomic mass is 35.5. The lowest BCUT2D eigenvalue weighted by Gasteiger charge is -2.35. The first-order valence-corrected chi connectivity index (χ1v) is 12.3. The van der Waals surface area contributed by atoms with Crippen molar-refractivity contribution in [2.24, 2.45) is 11.8 Å². The smallest absolute Gasteiger partial charge is 0.229 e. The summed E-state index contributed by atoms with van der Waals surface area (Å²) in [6.45, 7) is 8.89. The maximum atomic E-state index is 12.7. The molecule has 0 unspecified atom stereocenters. The third-order valence-corrected chi connectivity index (χ3v) is 7.01. The third kappa shape index (κ3) is 6.46. The Balaban J connectivity index is 1.42. The number of halogens is 1. The van der Waals surface area contributed by atoms with Gasteiger partial charge in [-0.25, -0.2) is 4.98 Å². The lowest BCUT2D eigenvalue weighted by atomic mass is 9.88. The molecule has 3 heterocycles. The zero-order chi connectivity index (χ0) is 23.4. The molecule has 1 amide bonds. The van der Waals surface area contributed by atoms with Crippen molar-refractivity contribution in [3.05, 3.63) is 41.6 Å². The van der Waals surface area contributed by atoms with Gasteiger partial charge in [-0.15, -0.1) is 0 Å². The second-order valence-corrected chi connectivity index (χ2v) is 10.5. The number of rotatable bonds is 6. The highest BCUT2D eigenvalue weighted by molar-refractivity contribution is 6.33. The molecular formula is C26H35ClN4O2. The number of hydrogen-bond donors (Lipinski definition) is 3. The van der Waals surface area contributed by atoms with Crippen molar-refractivity contribution in [2.75, 3.05) is 30.3 Å². The van der Waals surface area contributed by atoms with Crippen LogP contribution in [0.15, 0.2) is 36.5 Å². The predicted molar refractivity (Wildman–Crippen MR) is 135 cm³/mol. The molecule has 178 valence electrons. The number of amides is 1. The molecule has 0 bridgehead atoms. The summed E-state index contributed by atoms with van der Waals surface area (Å²) in [5.41, 5.74) is 2.85. The van der Waals surface area contributed by atoms with Crippen LogP contribution in [-0.2, 0) is 9.53 Å². The molecule has 0 saturated carbocycles. The number of hydrogen-bond acceptors (Lipinski definition) is 5. The minimum absolute atomic E-state index is 0.00461. The number of piperidine rings is 1. The number of benzene rings is 1. The summed E-state index contributed by atoms with van der Waals surface area (Å²) in [5, 5.41) is 10.5. The van der Waals surface area contributed by atoms with E-state index < -0.39 is 0 Å². The number of aromatic nitrogens is 1. The summed E-state index contributed by atoms with van der Waals surface area (Å²) in [6.07, 6.45) is 5.62. The molecule has 2 aliphatic rings. The Morgan fingerprint density at radius 2 is 2.12 bits per heavy atom. The average molecular weight is 471 g/mol. The normalized spacial score (nSPS) is 24.8. The number of pyridine rings is 1. The van der Waals surface area contributed by atoms with E-state index in [0.29, 0.717) is 29.3 Å². The standard InChI is InChI=1S/C26H35ClN4O2/c1-17-7-8-20(15-28-17)25(32)31-24-12-22(23(27)16-30-24)19-5-4-6-21(11-19)29-14-18-9-10-33-26(2,3)13-18/h4-6,11-12,16-18,20,28-29H,7-10,13-15H2,1-3H3,(H,30,31,32)/t17-,18+,20-/m1/s1. The summed E-state index contributed by atoms with van der Waals surface area (Å²) in [5.74, 6) is 1.08. The van der Waals surface area contributed by atoms with Crippen LogP contribution < -0.4 is 16.0 Å². The Morgan fingerprint density at radius 1 is 1.27 bits per heavy atom. The Labute approximate surface area is 201 Å². The van der Waals surface area contributed by atoms with E-state index in [2.05, 4.69) is 53.8 Å². The molecule has 33 heavy (non-hydrogen) atoms. The van der Waals surface area contributed by atoms with Gasteiger partial charge in [-0.3, -0.25) is 4.79 Å². The summed E-state index contributed by atoms with van der Waals surface area (Å²) in [7, 11) is 0. The van der Waals surface area contributed by atoms with Gasteiger partial charge in [-0.1, -0.05) is 23.7 Å². The summed E-state index contributed by atoms with van der Waals surface area (Å²) in [4.78, 5) is 17.0. The topological polar surface area (TPSA) is 75.3 Å². The van der Waals surface area contributed by atoms with E-state index in [1.165, 1.54) is 0 Å². The van der Waals surface area contributed by atoms with Crippen LogP contribution in [-0.4, -0.2) is 42.2 Å². The van der Waals surface area contributed by atoms with E-state index in [4.69, 9.17) is 16.3 Å². The molecule has 1 aromatic heterocycles. The van der Waals surface area contributed by atoms with Crippen LogP contribution >= 0.6 is 11.6 Å². The van der Waals surface area contributed by atoms with Gasteiger partial charge in [0.25, 0.3) is 0 Å². The maximum absolute atomic E-state index is 12.7. The van der Waals surface area contributed by atoms with Gasteiger partial charge in [0, 0.05) is 43.2 Å². The zero-order valence-electron chi connectivity index (χ0n) is 19.8. The van der Waals surface area contributed by atoms with Crippen molar-refractivity contribution in [3.8, 4) is 11.1 Å². The number of nitrogens with zero attached hydrogens (tertiary/aromatic N) is 1. The van der Waals surface area contributed by atoms with Crippen molar-refractivity contribution < 1.29 is 9.53 Å². The van der Waals surface area contributed by atoms with Crippen molar-refractivity contribution >= 4 is 29.0 Å². The van der Waals surface area contributed by atoms with Gasteiger partial charge in [0.15, 0.2) is 0 Å². The zero-order valence-corrected chi connectivity index (χ0v) is 20.5. The molecule has 2 aliphatic heterocycles. The molecular weight excluding hydrogens is 436 g/mol. The van der Waals surface area contributed by atoms with E-state index in [0.717, 1.165) is 55.6 Å². The highest BCUT2D eigenvalue weighted by Gasteiger charge is 2.28. The average Bonchev–Trinajstić information content (AvgIpc) is 2.79. The first-order chi connectivity index (χ1) is 15.8. The van der Waals surface area contributed by atoms with Crippen LogP contribution in [0, 0.1) is 11.8 Å². The summed E-state index contributed by atoms with van der Waals surface area (Å²) >= 11 is 6.50. The summed E-state index contributed by atoms with van der Waals surface area (Å²) < 4.78 is 5.84. The lowest BCUT2D eigenvalue weighted by Crippen LogP contribution is -2.41. The molecule has 2 saturated heterocycles. The molecule has 7 heteroatoms. The monoisotopic (exact) mass is 470 g/mol. The minimum atomic E-state index is -0.0518. The molecule has 2 fully saturated rings. The molecule has 4 rings (SSSR count). The van der Waals surface area contributed by atoms with Crippen LogP contribution in [0.25, 0.3) is 11.1 Å². The lowest BCUT2D eigenvalue weighted by molar-refractivity contribution is -0.120. The third-order valence-electron chi connectivity index (χ3n) is 6.71. The first-order valence-electron chi connectivity index (χ1n) is 12.0. The molecule has 2 aromatic rings. The van der Waals surface area contributed by atoms with Crippen molar-refractivity contribution in [1.82, 2.24) is 10.3 Å². The van der Waals surface area contributed by atoms with Gasteiger partial charge in [-0.2, -0.15) is 0 Å². The van der Waals surface area contributed by atoms with Crippen LogP contribution in [0.3, 0.4) is 0 Å². The number of carbonyl (C=O) groups excluding carboxylic acids is 1. The van der Waals surface area contributed by atoms with Crippen molar-refractivity contribution in [2.45, 2.75) is 58.1 Å². The fourth-order valence-corrected chi connectivity index (χ4v) is 4.98. The first kappa shape index (κ1) is 24.0. The highest BCUT2D eigenvalue weighted by Crippen LogP contribution is 2.32. The Kier molecular flexibility index (Phi) is 7.57. The fraction of sp³-hybridized carbons (Fsp3) is 0.538. The van der Waals surface area contributed by atoms with Gasteiger partial charge >= 0.3 is 0 Å². The summed E-state index contributed by atoms with van der Waals surface area (Å²) in [6, 6.07) is 10.6. The number of ether oxygens (including phenoxy) is 1. The molecule has 6 nitrogen and oxygen atoms in total. The molecule has 1 aromatic carbocycles. The Morgan fingerprint density at radius 3 is 2.88 bits per heavy atom. The van der Waals surface area contributed by atoms with E-state index in [1.54, 1.807) is 6.20 Å². The Bertz CT molecular complexity index is 973. The van der Waals surface area contributed by atoms with Gasteiger partial charge in [0.2, 0.25) is 5.91 Å². The predicted octanol–water partition coefficient (Wildman–Crippen LogP) is 5.35. The van der Waals surface area contributed by atoms with E-state index in [1.807, 2.05) is 18.2 Å². The van der Waals surface area contributed by atoms with Crippen LogP contribution in [0.1, 0.15) is 46.5 Å². The Hall–Kier alpha value is -2.15. The number of nitrogens with one attached hydrogen (secondary N) is 3. The largest absolute Gasteiger partial charge is 0.385 e. The van der Waals surface area contributed by atoms with Gasteiger partial charge < -0.3 is 20.7 Å². The molecule has 3 N–H and O–H groups in total. The quantitative estimate of drug-likeness (QED) is 0.531. The van der Waals surface area contributed by atoms with Gasteiger partial charge in [-0.05, 0) is 76.1 Å². The maximum Gasteiger partial charge on any atom is 0.229 e. The molecule has 0 spiro atoms. The second-order valence-electron chi connectivity index (χ2n) is 10.1. The molecule has 3 atom stereocenters. The van der Waals surface area contributed by atoms with Gasteiger partial charge in [0.05, 0.1) is 16.5 Å². The van der Waals surface area contributed by atoms with Crippen LogP contribution in [0.5, 0.6) is 0 Å². The van der Waals surface area contributed by atoms with Crippen molar-refractivity contribution in [1.29, 1.82) is 0 Å². The fourth-order valence-electron chi connectivity index (χ4n) is 4.77. The van der Waals surface area contributed by atoms with Crippen molar-refractivity contribution in [3.63, 3.8) is 0 Å². The van der Waals surface area contributed by atoms with Crippen LogP contribution in [0.4, 0.5) is 11.5 Å². The second kappa shape index (κ2) is 10.4. The number of carbonyl (C=O) groups is 1. The van der Waals surface area contributed by atoms with Gasteiger partial charge in [0.1, 0.15) is 5.82 Å².